The van der Waals surface area contributed by atoms with E-state index in [4.69, 9.17) is 4.74 Å². The van der Waals surface area contributed by atoms with Crippen LogP contribution in [0.2, 0.25) is 0 Å². The molecule has 0 aliphatic carbocycles. The van der Waals surface area contributed by atoms with E-state index in [1.165, 1.54) is 0 Å². The Bertz CT molecular complexity index is 812. The number of benzene rings is 2. The van der Waals surface area contributed by atoms with E-state index in [-0.39, 0.29) is 12.3 Å². The van der Waals surface area contributed by atoms with Crippen molar-refractivity contribution >= 4 is 17.5 Å². The summed E-state index contributed by atoms with van der Waals surface area (Å²) in [6.07, 6.45) is 0.586. The van der Waals surface area contributed by atoms with Gasteiger partial charge in [-0.1, -0.05) is 12.1 Å². The SMILES string of the molecule is COc1cccc(CCC(=O)NCC(=O)Nc2ccc(F)c(F)c2F)c1. The summed E-state index contributed by atoms with van der Waals surface area (Å²) in [5, 5.41) is 4.45. The molecule has 0 radical (unpaired) electrons. The number of anilines is 1. The van der Waals surface area contributed by atoms with Gasteiger partial charge in [0, 0.05) is 6.42 Å². The van der Waals surface area contributed by atoms with Crippen LogP contribution >= 0.6 is 0 Å². The molecule has 2 aromatic carbocycles. The van der Waals surface area contributed by atoms with E-state index in [1.54, 1.807) is 25.3 Å². The fourth-order valence-electron chi connectivity index (χ4n) is 2.17. The summed E-state index contributed by atoms with van der Waals surface area (Å²) >= 11 is 0. The highest BCUT2D eigenvalue weighted by atomic mass is 19.2. The molecule has 5 nitrogen and oxygen atoms in total. The molecule has 0 fully saturated rings. The lowest BCUT2D eigenvalue weighted by molar-refractivity contribution is -0.124. The van der Waals surface area contributed by atoms with Crippen LogP contribution < -0.4 is 15.4 Å². The molecular weight excluding hydrogens is 349 g/mol. The van der Waals surface area contributed by atoms with Gasteiger partial charge < -0.3 is 15.4 Å². The molecule has 0 spiro atoms. The number of rotatable bonds is 7. The molecule has 0 saturated carbocycles. The quantitative estimate of drug-likeness (QED) is 0.741. The van der Waals surface area contributed by atoms with Crippen molar-refractivity contribution in [3.8, 4) is 5.75 Å². The zero-order valence-corrected chi connectivity index (χ0v) is 13.9. The normalized spacial score (nSPS) is 10.3. The minimum Gasteiger partial charge on any atom is -0.497 e. The van der Waals surface area contributed by atoms with Crippen LogP contribution in [-0.4, -0.2) is 25.5 Å². The molecule has 0 bridgehead atoms. The third kappa shape index (κ3) is 5.23. The van der Waals surface area contributed by atoms with Gasteiger partial charge in [0.2, 0.25) is 11.8 Å². The monoisotopic (exact) mass is 366 g/mol. The van der Waals surface area contributed by atoms with Crippen molar-refractivity contribution in [2.45, 2.75) is 12.8 Å². The highest BCUT2D eigenvalue weighted by Crippen LogP contribution is 2.19. The van der Waals surface area contributed by atoms with E-state index >= 15 is 0 Å². The van der Waals surface area contributed by atoms with Gasteiger partial charge in [-0.2, -0.15) is 0 Å². The third-order valence-corrected chi connectivity index (χ3v) is 3.53. The summed E-state index contributed by atoms with van der Waals surface area (Å²) in [4.78, 5) is 23.5. The van der Waals surface area contributed by atoms with Crippen molar-refractivity contribution < 1.29 is 27.5 Å². The number of carbonyl (C=O) groups is 2. The number of hydrogen-bond donors (Lipinski definition) is 2. The molecule has 2 amide bonds. The van der Waals surface area contributed by atoms with Gasteiger partial charge in [0.15, 0.2) is 17.5 Å². The Morgan fingerprint density at radius 3 is 2.54 bits per heavy atom. The highest BCUT2D eigenvalue weighted by Gasteiger charge is 2.15. The van der Waals surface area contributed by atoms with Crippen molar-refractivity contribution in [3.05, 3.63) is 59.4 Å². The lowest BCUT2D eigenvalue weighted by Crippen LogP contribution is -2.33. The van der Waals surface area contributed by atoms with E-state index in [2.05, 4.69) is 10.6 Å². The average Bonchev–Trinajstić information content (AvgIpc) is 2.65. The average molecular weight is 366 g/mol. The number of nitrogens with one attached hydrogen (secondary N) is 2. The maximum absolute atomic E-state index is 13.5. The predicted molar refractivity (Wildman–Crippen MR) is 89.3 cm³/mol. The molecule has 0 aliphatic heterocycles. The lowest BCUT2D eigenvalue weighted by atomic mass is 10.1. The van der Waals surface area contributed by atoms with E-state index in [0.717, 1.165) is 11.6 Å². The van der Waals surface area contributed by atoms with Crippen molar-refractivity contribution in [2.24, 2.45) is 0 Å². The first-order valence-electron chi connectivity index (χ1n) is 7.73. The second kappa shape index (κ2) is 8.89. The Balaban J connectivity index is 1.80. The Kier molecular flexibility index (Phi) is 6.60. The van der Waals surface area contributed by atoms with Crippen LogP contribution in [0.1, 0.15) is 12.0 Å². The zero-order chi connectivity index (χ0) is 19.1. The smallest absolute Gasteiger partial charge is 0.243 e. The summed E-state index contributed by atoms with van der Waals surface area (Å²) in [7, 11) is 1.54. The molecule has 2 rings (SSSR count). The molecule has 0 unspecified atom stereocenters. The third-order valence-electron chi connectivity index (χ3n) is 3.53. The molecular formula is C18H17F3N2O3. The van der Waals surface area contributed by atoms with Gasteiger partial charge >= 0.3 is 0 Å². The van der Waals surface area contributed by atoms with Gasteiger partial charge in [0.05, 0.1) is 19.3 Å². The predicted octanol–water partition coefficient (Wildman–Crippen LogP) is 2.80. The second-order valence-electron chi connectivity index (χ2n) is 5.40. The molecule has 2 aromatic rings. The maximum Gasteiger partial charge on any atom is 0.243 e. The molecule has 0 heterocycles. The fraction of sp³-hybridized carbons (Fsp3) is 0.222. The Morgan fingerprint density at radius 1 is 1.04 bits per heavy atom. The number of ether oxygens (including phenoxy) is 1. The molecule has 26 heavy (non-hydrogen) atoms. The molecule has 138 valence electrons. The summed E-state index contributed by atoms with van der Waals surface area (Å²) in [5.41, 5.74) is 0.396. The maximum atomic E-state index is 13.5. The van der Waals surface area contributed by atoms with E-state index in [9.17, 15) is 22.8 Å². The molecule has 0 aromatic heterocycles. The zero-order valence-electron chi connectivity index (χ0n) is 13.9. The van der Waals surface area contributed by atoms with Crippen LogP contribution in [0.3, 0.4) is 0 Å². The van der Waals surface area contributed by atoms with Crippen molar-refractivity contribution in [3.63, 3.8) is 0 Å². The first-order chi connectivity index (χ1) is 12.4. The Hall–Kier alpha value is -3.03. The number of halogens is 3. The first-order valence-corrected chi connectivity index (χ1v) is 7.73. The second-order valence-corrected chi connectivity index (χ2v) is 5.40. The number of methoxy groups -OCH3 is 1. The van der Waals surface area contributed by atoms with Gasteiger partial charge in [-0.25, -0.2) is 13.2 Å². The fourth-order valence-corrected chi connectivity index (χ4v) is 2.17. The van der Waals surface area contributed by atoms with Gasteiger partial charge in [-0.15, -0.1) is 0 Å². The summed E-state index contributed by atoms with van der Waals surface area (Å²) in [6.45, 7) is -0.421. The van der Waals surface area contributed by atoms with E-state index < -0.39 is 35.6 Å². The van der Waals surface area contributed by atoms with Crippen LogP contribution in [0.25, 0.3) is 0 Å². The van der Waals surface area contributed by atoms with Gasteiger partial charge in [0.25, 0.3) is 0 Å². The Labute approximate surface area is 148 Å². The van der Waals surface area contributed by atoms with Crippen LogP contribution in [0.4, 0.5) is 18.9 Å². The van der Waals surface area contributed by atoms with Gasteiger partial charge in [-0.3, -0.25) is 9.59 Å². The van der Waals surface area contributed by atoms with Crippen LogP contribution in [0.5, 0.6) is 5.75 Å². The molecule has 0 aliphatic rings. The molecule has 0 atom stereocenters. The number of amides is 2. The van der Waals surface area contributed by atoms with Crippen LogP contribution in [0.15, 0.2) is 36.4 Å². The van der Waals surface area contributed by atoms with Crippen molar-refractivity contribution in [2.75, 3.05) is 19.0 Å². The Morgan fingerprint density at radius 2 is 1.81 bits per heavy atom. The van der Waals surface area contributed by atoms with E-state index in [0.29, 0.717) is 18.2 Å². The highest BCUT2D eigenvalue weighted by molar-refractivity contribution is 5.94. The summed E-state index contributed by atoms with van der Waals surface area (Å²) in [5.74, 6) is -4.99. The van der Waals surface area contributed by atoms with E-state index in [1.807, 2.05) is 6.07 Å². The molecule has 8 heteroatoms. The number of hydrogen-bond acceptors (Lipinski definition) is 3. The molecule has 2 N–H and O–H groups in total. The van der Waals surface area contributed by atoms with Crippen LogP contribution in [0, 0.1) is 17.5 Å². The van der Waals surface area contributed by atoms with Gasteiger partial charge in [0.1, 0.15) is 5.75 Å². The van der Waals surface area contributed by atoms with Crippen molar-refractivity contribution in [1.29, 1.82) is 0 Å². The lowest BCUT2D eigenvalue weighted by Gasteiger charge is -2.09. The summed E-state index contributed by atoms with van der Waals surface area (Å²) in [6, 6.07) is 8.82. The standard InChI is InChI=1S/C18H17F3N2O3/c1-26-12-4-2-3-11(9-12)5-8-15(24)22-10-16(25)23-14-7-6-13(19)17(20)18(14)21/h2-4,6-7,9H,5,8,10H2,1H3,(H,22,24)(H,23,25). The minimum atomic E-state index is -1.68. The first kappa shape index (κ1) is 19.3. The minimum absolute atomic E-state index is 0.139. The van der Waals surface area contributed by atoms with Crippen LogP contribution in [-0.2, 0) is 16.0 Å². The topological polar surface area (TPSA) is 67.4 Å². The van der Waals surface area contributed by atoms with Crippen molar-refractivity contribution in [1.82, 2.24) is 5.32 Å². The molecule has 0 saturated heterocycles. The summed E-state index contributed by atoms with van der Waals surface area (Å²) < 4.78 is 44.5. The number of carbonyl (C=O) groups excluding carboxylic acids is 2. The van der Waals surface area contributed by atoms with Gasteiger partial charge in [-0.05, 0) is 36.2 Å². The largest absolute Gasteiger partial charge is 0.497 e. The number of aryl methyl sites for hydroxylation is 1.